The summed E-state index contributed by atoms with van der Waals surface area (Å²) in [5.74, 6) is 0.213. The van der Waals surface area contributed by atoms with Gasteiger partial charge in [-0.15, -0.1) is 0 Å². The Morgan fingerprint density at radius 2 is 2.05 bits per heavy atom. The summed E-state index contributed by atoms with van der Waals surface area (Å²) in [5, 5.41) is 4.17. The summed E-state index contributed by atoms with van der Waals surface area (Å²) >= 11 is 3.46. The number of hydrogen-bond donors (Lipinski definition) is 0. The first-order valence-electron chi connectivity index (χ1n) is 7.50. The number of hydrogen-bond acceptors (Lipinski definition) is 2. The lowest BCUT2D eigenvalue weighted by atomic mass is 9.63. The number of aryl methyl sites for hydroxylation is 1. The van der Waals surface area contributed by atoms with Gasteiger partial charge in [-0.1, -0.05) is 34.5 Å². The van der Waals surface area contributed by atoms with Gasteiger partial charge in [0.2, 0.25) is 5.91 Å². The second-order valence-corrected chi connectivity index (χ2v) is 7.04. The molecule has 0 radical (unpaired) electrons. The number of carbonyl (C=O) groups excluding carboxylic acids is 1. The number of amides is 1. The lowest BCUT2D eigenvalue weighted by molar-refractivity contribution is -0.140. The predicted octanol–water partition coefficient (Wildman–Crippen LogP) is 3.26. The first-order chi connectivity index (χ1) is 10.5. The largest absolute Gasteiger partial charge is 0.341 e. The Kier molecular flexibility index (Phi) is 4.08. The molecule has 1 aromatic carbocycles. The van der Waals surface area contributed by atoms with Gasteiger partial charge in [0.25, 0.3) is 0 Å². The molecule has 4 nitrogen and oxygen atoms in total. The van der Waals surface area contributed by atoms with Crippen molar-refractivity contribution in [3.8, 4) is 0 Å². The lowest BCUT2D eigenvalue weighted by Crippen LogP contribution is -2.49. The Morgan fingerprint density at radius 1 is 1.36 bits per heavy atom. The minimum Gasteiger partial charge on any atom is -0.341 e. The summed E-state index contributed by atoms with van der Waals surface area (Å²) in [6.07, 6.45) is 6.76. The second-order valence-electron chi connectivity index (χ2n) is 6.13. The van der Waals surface area contributed by atoms with Crippen molar-refractivity contribution in [1.29, 1.82) is 0 Å². The third-order valence-corrected chi connectivity index (χ3v) is 5.07. The molecule has 1 fully saturated rings. The topological polar surface area (TPSA) is 38.1 Å². The van der Waals surface area contributed by atoms with E-state index >= 15 is 0 Å². The Bertz CT molecular complexity index is 673. The maximum absolute atomic E-state index is 13.0. The minimum absolute atomic E-state index is 0.213. The van der Waals surface area contributed by atoms with Crippen LogP contribution in [0.15, 0.2) is 41.1 Å². The van der Waals surface area contributed by atoms with Crippen molar-refractivity contribution in [2.45, 2.75) is 31.2 Å². The number of likely N-dealkylation sites (N-methyl/N-ethyl adjacent to an activating group) is 1. The van der Waals surface area contributed by atoms with E-state index in [1.165, 1.54) is 0 Å². The van der Waals surface area contributed by atoms with Gasteiger partial charge in [0.1, 0.15) is 0 Å². The van der Waals surface area contributed by atoms with Crippen LogP contribution in [0.25, 0.3) is 0 Å². The molecule has 3 rings (SSSR count). The molecule has 1 aliphatic rings. The average Bonchev–Trinajstić information content (AvgIpc) is 2.84. The molecule has 116 valence electrons. The molecule has 22 heavy (non-hydrogen) atoms. The maximum atomic E-state index is 13.0. The van der Waals surface area contributed by atoms with E-state index in [0.29, 0.717) is 6.54 Å². The maximum Gasteiger partial charge on any atom is 0.233 e. The first kappa shape index (κ1) is 15.3. The van der Waals surface area contributed by atoms with Crippen LogP contribution in [0.1, 0.15) is 30.4 Å². The molecule has 0 N–H and O–H groups in total. The van der Waals surface area contributed by atoms with E-state index in [2.05, 4.69) is 33.2 Å². The van der Waals surface area contributed by atoms with Crippen molar-refractivity contribution < 1.29 is 4.79 Å². The van der Waals surface area contributed by atoms with Gasteiger partial charge in [0.05, 0.1) is 11.6 Å². The Labute approximate surface area is 139 Å². The molecule has 2 aromatic rings. The molecule has 0 atom stereocenters. The van der Waals surface area contributed by atoms with E-state index in [0.717, 1.165) is 34.9 Å². The second kappa shape index (κ2) is 5.88. The number of carbonyl (C=O) groups is 1. The molecule has 1 aromatic heterocycles. The van der Waals surface area contributed by atoms with Crippen LogP contribution in [0.4, 0.5) is 0 Å². The van der Waals surface area contributed by atoms with Crippen LogP contribution in [-0.4, -0.2) is 27.6 Å². The summed E-state index contributed by atoms with van der Waals surface area (Å²) < 4.78 is 2.81. The lowest BCUT2D eigenvalue weighted by Gasteiger charge is -2.43. The zero-order valence-corrected chi connectivity index (χ0v) is 14.5. The molecule has 0 saturated heterocycles. The monoisotopic (exact) mass is 361 g/mol. The van der Waals surface area contributed by atoms with Crippen LogP contribution in [0.3, 0.4) is 0 Å². The van der Waals surface area contributed by atoms with E-state index in [1.54, 1.807) is 4.68 Å². The highest BCUT2D eigenvalue weighted by atomic mass is 79.9. The van der Waals surface area contributed by atoms with Crippen molar-refractivity contribution in [2.24, 2.45) is 7.05 Å². The summed E-state index contributed by atoms with van der Waals surface area (Å²) in [5.41, 5.74) is 1.85. The van der Waals surface area contributed by atoms with Gasteiger partial charge in [-0.05, 0) is 30.5 Å². The number of nitrogens with zero attached hydrogens (tertiary/aromatic N) is 3. The quantitative estimate of drug-likeness (QED) is 0.837. The highest BCUT2D eigenvalue weighted by Gasteiger charge is 2.46. The van der Waals surface area contributed by atoms with Crippen molar-refractivity contribution in [3.05, 3.63) is 52.3 Å². The van der Waals surface area contributed by atoms with Crippen LogP contribution >= 0.6 is 15.9 Å². The molecule has 0 aliphatic heterocycles. The molecule has 1 aliphatic carbocycles. The van der Waals surface area contributed by atoms with Gasteiger partial charge >= 0.3 is 0 Å². The summed E-state index contributed by atoms with van der Waals surface area (Å²) in [4.78, 5) is 14.9. The van der Waals surface area contributed by atoms with Gasteiger partial charge in [-0.3, -0.25) is 9.48 Å². The van der Waals surface area contributed by atoms with Crippen molar-refractivity contribution in [2.75, 3.05) is 7.05 Å². The van der Waals surface area contributed by atoms with Crippen LogP contribution in [0.5, 0.6) is 0 Å². The third kappa shape index (κ3) is 2.70. The molecule has 1 saturated carbocycles. The molecule has 0 spiro atoms. The van der Waals surface area contributed by atoms with E-state index in [1.807, 2.05) is 43.5 Å². The summed E-state index contributed by atoms with van der Waals surface area (Å²) in [6.45, 7) is 0.602. The number of benzene rings is 1. The highest BCUT2D eigenvalue weighted by molar-refractivity contribution is 9.10. The number of halogens is 1. The van der Waals surface area contributed by atoms with Gasteiger partial charge in [0, 0.05) is 36.9 Å². The highest BCUT2D eigenvalue weighted by Crippen LogP contribution is 2.45. The fourth-order valence-corrected chi connectivity index (χ4v) is 3.45. The van der Waals surface area contributed by atoms with Crippen molar-refractivity contribution >= 4 is 21.8 Å². The fraction of sp³-hybridized carbons (Fsp3) is 0.412. The summed E-state index contributed by atoms with van der Waals surface area (Å²) in [7, 11) is 3.77. The van der Waals surface area contributed by atoms with Crippen molar-refractivity contribution in [1.82, 2.24) is 14.7 Å². The van der Waals surface area contributed by atoms with Gasteiger partial charge in [0.15, 0.2) is 0 Å². The molecule has 1 heterocycles. The van der Waals surface area contributed by atoms with E-state index in [4.69, 9.17) is 0 Å². The molecule has 5 heteroatoms. The fourth-order valence-electron chi connectivity index (χ4n) is 3.19. The summed E-state index contributed by atoms with van der Waals surface area (Å²) in [6, 6.07) is 8.17. The van der Waals surface area contributed by atoms with E-state index in [-0.39, 0.29) is 11.3 Å². The Morgan fingerprint density at radius 3 is 2.55 bits per heavy atom. The third-order valence-electron chi connectivity index (χ3n) is 4.54. The van der Waals surface area contributed by atoms with Crippen LogP contribution in [0.2, 0.25) is 0 Å². The first-order valence-corrected chi connectivity index (χ1v) is 8.30. The normalized spacial score (nSPS) is 16.1. The molecule has 0 unspecified atom stereocenters. The molecule has 0 bridgehead atoms. The molecule has 1 amide bonds. The molecular weight excluding hydrogens is 342 g/mol. The zero-order valence-electron chi connectivity index (χ0n) is 12.9. The Hall–Kier alpha value is -1.62. The molecular formula is C17H20BrN3O. The van der Waals surface area contributed by atoms with Gasteiger partial charge < -0.3 is 4.90 Å². The average molecular weight is 362 g/mol. The van der Waals surface area contributed by atoms with E-state index < -0.39 is 0 Å². The van der Waals surface area contributed by atoms with Crippen LogP contribution < -0.4 is 0 Å². The zero-order chi connectivity index (χ0) is 15.7. The van der Waals surface area contributed by atoms with Crippen LogP contribution in [0, 0.1) is 0 Å². The van der Waals surface area contributed by atoms with E-state index in [9.17, 15) is 4.79 Å². The predicted molar refractivity (Wildman–Crippen MR) is 89.4 cm³/mol. The minimum atomic E-state index is -0.336. The SMILES string of the molecule is CN(Cc1cnn(C)c1)C(=O)C1(c2ccc(Br)cc2)CCC1. The number of aromatic nitrogens is 2. The smallest absolute Gasteiger partial charge is 0.233 e. The number of rotatable bonds is 4. The Balaban J connectivity index is 1.80. The van der Waals surface area contributed by atoms with Crippen LogP contribution in [-0.2, 0) is 23.8 Å². The standard InChI is InChI=1S/C17H20BrN3O/c1-20(11-13-10-19-21(2)12-13)16(22)17(8-3-9-17)14-4-6-15(18)7-5-14/h4-7,10,12H,3,8-9,11H2,1-2H3. The van der Waals surface area contributed by atoms with Crippen molar-refractivity contribution in [3.63, 3.8) is 0 Å². The van der Waals surface area contributed by atoms with Gasteiger partial charge in [-0.25, -0.2) is 0 Å². The van der Waals surface area contributed by atoms with Gasteiger partial charge in [-0.2, -0.15) is 5.10 Å².